The summed E-state index contributed by atoms with van der Waals surface area (Å²) in [6.45, 7) is 0. The molecule has 18 heavy (non-hydrogen) atoms. The second kappa shape index (κ2) is 6.03. The van der Waals surface area contributed by atoms with Crippen molar-refractivity contribution in [3.63, 3.8) is 0 Å². The summed E-state index contributed by atoms with van der Waals surface area (Å²) < 4.78 is 24.0. The van der Waals surface area contributed by atoms with E-state index >= 15 is 0 Å². The third kappa shape index (κ3) is 4.05. The van der Waals surface area contributed by atoms with Crippen molar-refractivity contribution in [2.24, 2.45) is 5.92 Å². The normalized spacial score (nSPS) is 24.2. The molecule has 0 aromatic carbocycles. The number of halogens is 1. The molecule has 1 aromatic rings. The molecule has 0 aliphatic carbocycles. The van der Waals surface area contributed by atoms with E-state index in [4.69, 9.17) is 0 Å². The highest BCUT2D eigenvalue weighted by molar-refractivity contribution is 9.11. The zero-order chi connectivity index (χ0) is 13.2. The Hall–Kier alpha value is 0.0900. The lowest BCUT2D eigenvalue weighted by atomic mass is 9.97. The summed E-state index contributed by atoms with van der Waals surface area (Å²) in [5.41, 5.74) is 0. The van der Waals surface area contributed by atoms with Gasteiger partial charge in [0.15, 0.2) is 9.84 Å². The first-order valence-corrected chi connectivity index (χ1v) is 9.53. The maximum Gasteiger partial charge on any atom is 0.150 e. The minimum Gasteiger partial charge on any atom is -0.317 e. The minimum absolute atomic E-state index is 0.329. The van der Waals surface area contributed by atoms with Gasteiger partial charge in [0.1, 0.15) is 0 Å². The van der Waals surface area contributed by atoms with Crippen molar-refractivity contribution in [3.05, 3.63) is 20.8 Å². The van der Waals surface area contributed by atoms with Gasteiger partial charge in [-0.3, -0.25) is 0 Å². The van der Waals surface area contributed by atoms with Crippen molar-refractivity contribution in [2.45, 2.75) is 25.3 Å². The Bertz CT molecular complexity index is 498. The van der Waals surface area contributed by atoms with E-state index in [9.17, 15) is 8.42 Å². The number of thiophene rings is 1. The molecule has 1 fully saturated rings. The summed E-state index contributed by atoms with van der Waals surface area (Å²) in [6, 6.07) is 4.56. The Morgan fingerprint density at radius 3 is 2.83 bits per heavy atom. The van der Waals surface area contributed by atoms with Crippen molar-refractivity contribution < 1.29 is 8.42 Å². The zero-order valence-corrected chi connectivity index (χ0v) is 13.6. The van der Waals surface area contributed by atoms with Crippen LogP contribution in [-0.2, 0) is 16.3 Å². The second-order valence-electron chi connectivity index (χ2n) is 4.90. The van der Waals surface area contributed by atoms with Gasteiger partial charge in [0.05, 0.1) is 15.3 Å². The Kier molecular flexibility index (Phi) is 4.86. The van der Waals surface area contributed by atoms with Gasteiger partial charge in [-0.05, 0) is 60.3 Å². The summed E-state index contributed by atoms with van der Waals surface area (Å²) in [7, 11) is -0.796. The molecule has 1 saturated heterocycles. The van der Waals surface area contributed by atoms with E-state index in [0.717, 1.165) is 23.0 Å². The lowest BCUT2D eigenvalue weighted by Gasteiger charge is -2.18. The summed E-state index contributed by atoms with van der Waals surface area (Å²) in [4.78, 5) is 1.34. The molecule has 0 radical (unpaired) electrons. The molecule has 2 rings (SSSR count). The highest BCUT2D eigenvalue weighted by Crippen LogP contribution is 2.27. The van der Waals surface area contributed by atoms with Gasteiger partial charge in [-0.25, -0.2) is 8.42 Å². The van der Waals surface area contributed by atoms with E-state index < -0.39 is 9.84 Å². The van der Waals surface area contributed by atoms with Gasteiger partial charge in [0.2, 0.25) is 0 Å². The molecule has 6 heteroatoms. The molecular weight excluding hydrogens is 334 g/mol. The van der Waals surface area contributed by atoms with Crippen LogP contribution in [0.3, 0.4) is 0 Å². The molecule has 0 spiro atoms. The lowest BCUT2D eigenvalue weighted by molar-refractivity contribution is 0.425. The third-order valence-electron chi connectivity index (χ3n) is 3.43. The fraction of sp³-hybridized carbons (Fsp3) is 0.667. The van der Waals surface area contributed by atoms with Gasteiger partial charge >= 0.3 is 0 Å². The molecule has 1 aliphatic rings. The third-order valence-corrected chi connectivity index (χ3v) is 6.91. The van der Waals surface area contributed by atoms with Crippen LogP contribution >= 0.6 is 27.3 Å². The van der Waals surface area contributed by atoms with E-state index in [1.54, 1.807) is 11.3 Å². The molecular formula is C12H18BrNO2S2. The van der Waals surface area contributed by atoms with Crippen molar-refractivity contribution in [1.29, 1.82) is 0 Å². The monoisotopic (exact) mass is 351 g/mol. The van der Waals surface area contributed by atoms with Crippen LogP contribution in [0.4, 0.5) is 0 Å². The van der Waals surface area contributed by atoms with Crippen molar-refractivity contribution >= 4 is 37.1 Å². The van der Waals surface area contributed by atoms with Crippen LogP contribution in [0.1, 0.15) is 17.7 Å². The van der Waals surface area contributed by atoms with Crippen molar-refractivity contribution in [2.75, 3.05) is 18.6 Å². The van der Waals surface area contributed by atoms with Crippen LogP contribution in [0.5, 0.6) is 0 Å². The average molecular weight is 352 g/mol. The number of likely N-dealkylation sites (N-methyl/N-ethyl adjacent to an activating group) is 1. The Balaban J connectivity index is 1.90. The molecule has 1 N–H and O–H groups in total. The van der Waals surface area contributed by atoms with Crippen LogP contribution in [0.2, 0.25) is 0 Å². The number of nitrogens with one attached hydrogen (secondary N) is 1. The first-order valence-electron chi connectivity index (χ1n) is 6.10. The molecule has 0 amide bonds. The van der Waals surface area contributed by atoms with E-state index in [1.165, 1.54) is 4.88 Å². The first-order chi connectivity index (χ1) is 8.48. The lowest BCUT2D eigenvalue weighted by Crippen LogP contribution is -2.30. The number of hydrogen-bond acceptors (Lipinski definition) is 4. The molecule has 2 heterocycles. The molecule has 3 nitrogen and oxygen atoms in total. The Labute approximate surface area is 121 Å². The fourth-order valence-electron chi connectivity index (χ4n) is 2.47. The molecule has 1 aromatic heterocycles. The summed E-state index contributed by atoms with van der Waals surface area (Å²) in [6.07, 6.45) is 2.75. The summed E-state index contributed by atoms with van der Waals surface area (Å²) in [5, 5.41) is 3.31. The second-order valence-corrected chi connectivity index (χ2v) is 9.68. The number of sulfone groups is 1. The molecule has 2 unspecified atom stereocenters. The SMILES string of the molecule is CNC(Cc1ccc(Br)s1)CC1CCS(=O)(=O)C1. The smallest absolute Gasteiger partial charge is 0.150 e. The number of hydrogen-bond donors (Lipinski definition) is 1. The van der Waals surface area contributed by atoms with Gasteiger partial charge < -0.3 is 5.32 Å². The van der Waals surface area contributed by atoms with Crippen LogP contribution in [0.15, 0.2) is 15.9 Å². The van der Waals surface area contributed by atoms with Crippen LogP contribution in [-0.4, -0.2) is 33.0 Å². The van der Waals surface area contributed by atoms with Crippen LogP contribution in [0, 0.1) is 5.92 Å². The van der Waals surface area contributed by atoms with Crippen LogP contribution < -0.4 is 5.32 Å². The van der Waals surface area contributed by atoms with E-state index in [1.807, 2.05) is 7.05 Å². The van der Waals surface area contributed by atoms with Gasteiger partial charge in [-0.15, -0.1) is 11.3 Å². The standard InChI is InChI=1S/C12H18BrNO2S2/c1-14-10(7-11-2-3-12(13)17-11)6-9-4-5-18(15,16)8-9/h2-3,9-10,14H,4-8H2,1H3. The molecule has 2 atom stereocenters. The quantitative estimate of drug-likeness (QED) is 0.886. The van der Waals surface area contributed by atoms with E-state index in [0.29, 0.717) is 23.5 Å². The summed E-state index contributed by atoms with van der Waals surface area (Å²) >= 11 is 5.21. The van der Waals surface area contributed by atoms with E-state index in [2.05, 4.69) is 33.4 Å². The van der Waals surface area contributed by atoms with E-state index in [-0.39, 0.29) is 0 Å². The predicted molar refractivity (Wildman–Crippen MR) is 79.9 cm³/mol. The van der Waals surface area contributed by atoms with Gasteiger partial charge in [-0.1, -0.05) is 0 Å². The Morgan fingerprint density at radius 1 is 1.56 bits per heavy atom. The average Bonchev–Trinajstić information content (AvgIpc) is 2.84. The van der Waals surface area contributed by atoms with Crippen molar-refractivity contribution in [3.8, 4) is 0 Å². The summed E-state index contributed by atoms with van der Waals surface area (Å²) in [5.74, 6) is 1.08. The van der Waals surface area contributed by atoms with Gasteiger partial charge in [-0.2, -0.15) is 0 Å². The zero-order valence-electron chi connectivity index (χ0n) is 10.4. The molecule has 0 saturated carbocycles. The maximum absolute atomic E-state index is 11.4. The highest BCUT2D eigenvalue weighted by atomic mass is 79.9. The molecule has 0 bridgehead atoms. The predicted octanol–water partition coefficient (Wildman–Crippen LogP) is 2.47. The molecule has 102 valence electrons. The Morgan fingerprint density at radius 2 is 2.33 bits per heavy atom. The van der Waals surface area contributed by atoms with Crippen molar-refractivity contribution in [1.82, 2.24) is 5.32 Å². The first kappa shape index (κ1) is 14.5. The largest absolute Gasteiger partial charge is 0.317 e. The molecule has 1 aliphatic heterocycles. The number of rotatable bonds is 5. The van der Waals surface area contributed by atoms with Gasteiger partial charge in [0, 0.05) is 10.9 Å². The van der Waals surface area contributed by atoms with Gasteiger partial charge in [0.25, 0.3) is 0 Å². The van der Waals surface area contributed by atoms with Crippen LogP contribution in [0.25, 0.3) is 0 Å². The fourth-order valence-corrected chi connectivity index (χ4v) is 5.91. The maximum atomic E-state index is 11.4. The topological polar surface area (TPSA) is 46.2 Å². The minimum atomic E-state index is -2.75. The highest BCUT2D eigenvalue weighted by Gasteiger charge is 2.29.